The number of hydrogen-bond donors (Lipinski definition) is 1. The van der Waals surface area contributed by atoms with Gasteiger partial charge >= 0.3 is 0 Å². The van der Waals surface area contributed by atoms with Gasteiger partial charge < -0.3 is 24.4 Å². The van der Waals surface area contributed by atoms with Crippen LogP contribution in [0.5, 0.6) is 17.2 Å². The van der Waals surface area contributed by atoms with Crippen molar-refractivity contribution in [1.82, 2.24) is 10.2 Å². The van der Waals surface area contributed by atoms with E-state index in [2.05, 4.69) is 5.32 Å². The molecule has 0 bridgehead atoms. The summed E-state index contributed by atoms with van der Waals surface area (Å²) in [6.45, 7) is 0.279. The second-order valence-corrected chi connectivity index (χ2v) is 8.06. The Hall–Kier alpha value is -4.00. The number of benzene rings is 3. The van der Waals surface area contributed by atoms with E-state index in [1.807, 2.05) is 60.7 Å². The highest BCUT2D eigenvalue weighted by molar-refractivity contribution is 5.88. The molecule has 0 heterocycles. The molecule has 1 N–H and O–H groups in total. The first-order chi connectivity index (χ1) is 17.0. The average molecular weight is 477 g/mol. The van der Waals surface area contributed by atoms with Crippen molar-refractivity contribution in [2.75, 3.05) is 28.4 Å². The van der Waals surface area contributed by atoms with Gasteiger partial charge in [-0.3, -0.25) is 9.59 Å². The Labute approximate surface area is 206 Å². The van der Waals surface area contributed by atoms with Crippen molar-refractivity contribution in [3.05, 3.63) is 89.5 Å². The van der Waals surface area contributed by atoms with Gasteiger partial charge in [0.2, 0.25) is 11.8 Å². The van der Waals surface area contributed by atoms with Crippen LogP contribution in [0.15, 0.2) is 72.8 Å². The lowest BCUT2D eigenvalue weighted by Crippen LogP contribution is -2.50. The predicted octanol–water partition coefficient (Wildman–Crippen LogP) is 3.64. The topological polar surface area (TPSA) is 77.1 Å². The van der Waals surface area contributed by atoms with Crippen molar-refractivity contribution in [2.45, 2.75) is 25.4 Å². The van der Waals surface area contributed by atoms with Crippen LogP contribution in [-0.4, -0.2) is 51.1 Å². The minimum absolute atomic E-state index is 0.110. The van der Waals surface area contributed by atoms with E-state index in [1.165, 1.54) is 0 Å². The fourth-order valence-electron chi connectivity index (χ4n) is 3.91. The van der Waals surface area contributed by atoms with E-state index in [9.17, 15) is 9.59 Å². The van der Waals surface area contributed by atoms with Crippen molar-refractivity contribution < 1.29 is 23.8 Å². The molecule has 3 aromatic rings. The number of carbonyl (C=O) groups is 2. The molecule has 0 aliphatic rings. The summed E-state index contributed by atoms with van der Waals surface area (Å²) in [5, 5.41) is 2.73. The molecule has 3 aromatic carbocycles. The fraction of sp³-hybridized carbons (Fsp3) is 0.286. The Morgan fingerprint density at radius 1 is 0.800 bits per heavy atom. The zero-order valence-corrected chi connectivity index (χ0v) is 20.6. The van der Waals surface area contributed by atoms with Crippen molar-refractivity contribution >= 4 is 11.8 Å². The zero-order chi connectivity index (χ0) is 25.2. The minimum Gasteiger partial charge on any atom is -0.497 e. The number of likely N-dealkylation sites (N-methyl/N-ethyl adjacent to an activating group) is 1. The summed E-state index contributed by atoms with van der Waals surface area (Å²) in [5.74, 6) is 1.47. The summed E-state index contributed by atoms with van der Waals surface area (Å²) in [4.78, 5) is 28.4. The van der Waals surface area contributed by atoms with E-state index in [4.69, 9.17) is 14.2 Å². The van der Waals surface area contributed by atoms with Crippen LogP contribution in [0.4, 0.5) is 0 Å². The molecular weight excluding hydrogens is 444 g/mol. The Balaban J connectivity index is 1.94. The lowest BCUT2D eigenvalue weighted by atomic mass is 10.0. The molecule has 0 saturated carbocycles. The molecule has 0 saturated heterocycles. The minimum atomic E-state index is -0.683. The summed E-state index contributed by atoms with van der Waals surface area (Å²) in [7, 11) is 6.32. The molecule has 1 atom stereocenters. The van der Waals surface area contributed by atoms with Crippen LogP contribution < -0.4 is 19.5 Å². The average Bonchev–Trinajstić information content (AvgIpc) is 2.90. The number of rotatable bonds is 11. The van der Waals surface area contributed by atoms with Gasteiger partial charge in [0.15, 0.2) is 11.5 Å². The number of nitrogens with one attached hydrogen (secondary N) is 1. The Morgan fingerprint density at radius 3 is 2.06 bits per heavy atom. The highest BCUT2D eigenvalue weighted by atomic mass is 16.5. The van der Waals surface area contributed by atoms with Gasteiger partial charge in [0, 0.05) is 20.0 Å². The van der Waals surface area contributed by atoms with E-state index in [-0.39, 0.29) is 24.8 Å². The molecule has 2 amide bonds. The second kappa shape index (κ2) is 12.5. The summed E-state index contributed by atoms with van der Waals surface area (Å²) in [6.07, 6.45) is 0.507. The normalized spacial score (nSPS) is 11.3. The Kier molecular flexibility index (Phi) is 9.12. The number of hydrogen-bond acceptors (Lipinski definition) is 5. The van der Waals surface area contributed by atoms with Crippen LogP contribution in [0.3, 0.4) is 0 Å². The molecule has 0 fully saturated rings. The quantitative estimate of drug-likeness (QED) is 0.457. The number of carbonyl (C=O) groups excluding carboxylic acids is 2. The summed E-state index contributed by atoms with van der Waals surface area (Å²) < 4.78 is 16.0. The number of amides is 2. The van der Waals surface area contributed by atoms with Gasteiger partial charge in [-0.2, -0.15) is 0 Å². The molecular formula is C28H32N2O5. The largest absolute Gasteiger partial charge is 0.497 e. The maximum Gasteiger partial charge on any atom is 0.242 e. The number of ether oxygens (including phenoxy) is 3. The van der Waals surface area contributed by atoms with E-state index in [1.54, 1.807) is 45.4 Å². The van der Waals surface area contributed by atoms with Crippen LogP contribution in [0.25, 0.3) is 0 Å². The maximum absolute atomic E-state index is 13.7. The van der Waals surface area contributed by atoms with Crippen molar-refractivity contribution in [3.8, 4) is 17.2 Å². The van der Waals surface area contributed by atoms with Gasteiger partial charge in [0.25, 0.3) is 0 Å². The molecule has 0 aromatic heterocycles. The van der Waals surface area contributed by atoms with Crippen molar-refractivity contribution in [2.24, 2.45) is 0 Å². The van der Waals surface area contributed by atoms with E-state index < -0.39 is 6.04 Å². The van der Waals surface area contributed by atoms with Gasteiger partial charge in [-0.25, -0.2) is 0 Å². The monoisotopic (exact) mass is 476 g/mol. The van der Waals surface area contributed by atoms with Gasteiger partial charge in [0.05, 0.1) is 27.8 Å². The summed E-state index contributed by atoms with van der Waals surface area (Å²) in [5.41, 5.74) is 2.64. The number of nitrogens with zero attached hydrogens (tertiary/aromatic N) is 1. The molecule has 1 unspecified atom stereocenters. The first-order valence-electron chi connectivity index (χ1n) is 11.4. The summed E-state index contributed by atoms with van der Waals surface area (Å²) >= 11 is 0. The molecule has 3 rings (SSSR count). The molecule has 0 radical (unpaired) electrons. The SMILES string of the molecule is CNC(=O)C(Cc1ccccc1)N(Cc1ccc(OC)cc1)C(=O)Cc1ccc(OC)c(OC)c1. The molecule has 35 heavy (non-hydrogen) atoms. The standard InChI is InChI=1S/C28H32N2O5/c1-29-28(32)24(16-20-8-6-5-7-9-20)30(19-21-10-13-23(33-2)14-11-21)27(31)18-22-12-15-25(34-3)26(17-22)35-4/h5-15,17,24H,16,18-19H2,1-4H3,(H,29,32). The fourth-order valence-corrected chi connectivity index (χ4v) is 3.91. The first-order valence-corrected chi connectivity index (χ1v) is 11.4. The van der Waals surface area contributed by atoms with Crippen LogP contribution in [0.2, 0.25) is 0 Å². The Bertz CT molecular complexity index is 1120. The van der Waals surface area contributed by atoms with E-state index in [0.29, 0.717) is 17.9 Å². The molecule has 184 valence electrons. The van der Waals surface area contributed by atoms with Gasteiger partial charge in [-0.05, 0) is 41.0 Å². The molecule has 7 nitrogen and oxygen atoms in total. The molecule has 0 aliphatic heterocycles. The van der Waals surface area contributed by atoms with Crippen molar-refractivity contribution in [1.29, 1.82) is 0 Å². The third-order valence-corrected chi connectivity index (χ3v) is 5.83. The van der Waals surface area contributed by atoms with E-state index >= 15 is 0 Å². The predicted molar refractivity (Wildman–Crippen MR) is 135 cm³/mol. The van der Waals surface area contributed by atoms with Crippen LogP contribution in [0, 0.1) is 0 Å². The Morgan fingerprint density at radius 2 is 1.46 bits per heavy atom. The van der Waals surface area contributed by atoms with E-state index in [0.717, 1.165) is 22.4 Å². The lowest BCUT2D eigenvalue weighted by Gasteiger charge is -2.31. The smallest absolute Gasteiger partial charge is 0.242 e. The number of methoxy groups -OCH3 is 3. The van der Waals surface area contributed by atoms with Crippen LogP contribution in [-0.2, 0) is 29.0 Å². The highest BCUT2D eigenvalue weighted by Crippen LogP contribution is 2.28. The van der Waals surface area contributed by atoms with Gasteiger partial charge in [-0.1, -0.05) is 48.5 Å². The second-order valence-electron chi connectivity index (χ2n) is 8.06. The first kappa shape index (κ1) is 25.6. The van der Waals surface area contributed by atoms with Crippen molar-refractivity contribution in [3.63, 3.8) is 0 Å². The molecule has 0 spiro atoms. The van der Waals surface area contributed by atoms with Crippen LogP contribution >= 0.6 is 0 Å². The highest BCUT2D eigenvalue weighted by Gasteiger charge is 2.30. The molecule has 7 heteroatoms. The summed E-state index contributed by atoms with van der Waals surface area (Å²) in [6, 6.07) is 21.9. The zero-order valence-electron chi connectivity index (χ0n) is 20.6. The molecule has 0 aliphatic carbocycles. The maximum atomic E-state index is 13.7. The van der Waals surface area contributed by atoms with Crippen LogP contribution in [0.1, 0.15) is 16.7 Å². The lowest BCUT2D eigenvalue weighted by molar-refractivity contribution is -0.140. The third-order valence-electron chi connectivity index (χ3n) is 5.83. The third kappa shape index (κ3) is 6.76. The van der Waals surface area contributed by atoms with Gasteiger partial charge in [0.1, 0.15) is 11.8 Å². The van der Waals surface area contributed by atoms with Gasteiger partial charge in [-0.15, -0.1) is 0 Å².